The standard InChI is InChI=1S/C22H19NO4S2/c23-15-18-11-13-21(14-12-18)22(28(24,25)16-19-7-3-1-4-8-19)29(26,27)17-20-9-5-2-6-10-20/h1-14,22H,16-17H2. The van der Waals surface area contributed by atoms with Crippen LogP contribution in [-0.4, -0.2) is 16.8 Å². The normalized spacial score (nSPS) is 11.9. The number of hydrogen-bond donors (Lipinski definition) is 0. The maximum Gasteiger partial charge on any atom is 0.188 e. The number of rotatable bonds is 7. The monoisotopic (exact) mass is 425 g/mol. The van der Waals surface area contributed by atoms with Gasteiger partial charge in [0.25, 0.3) is 0 Å². The van der Waals surface area contributed by atoms with Crippen molar-refractivity contribution in [2.45, 2.75) is 16.1 Å². The highest BCUT2D eigenvalue weighted by molar-refractivity contribution is 8.07. The summed E-state index contributed by atoms with van der Waals surface area (Å²) in [4.78, 5) is 0. The average Bonchev–Trinajstić information content (AvgIpc) is 2.69. The van der Waals surface area contributed by atoms with E-state index in [0.29, 0.717) is 16.7 Å². The minimum atomic E-state index is -4.10. The highest BCUT2D eigenvalue weighted by Crippen LogP contribution is 2.33. The second-order valence-corrected chi connectivity index (χ2v) is 11.1. The molecule has 0 radical (unpaired) electrons. The van der Waals surface area contributed by atoms with Gasteiger partial charge in [0.15, 0.2) is 24.3 Å². The van der Waals surface area contributed by atoms with Gasteiger partial charge in [0, 0.05) is 0 Å². The first-order chi connectivity index (χ1) is 13.8. The molecule has 0 aliphatic heterocycles. The molecule has 7 heteroatoms. The van der Waals surface area contributed by atoms with Crippen molar-refractivity contribution >= 4 is 19.7 Å². The van der Waals surface area contributed by atoms with Crippen molar-refractivity contribution in [3.63, 3.8) is 0 Å². The second-order valence-electron chi connectivity index (χ2n) is 6.65. The Morgan fingerprint density at radius 2 is 1.07 bits per heavy atom. The SMILES string of the molecule is N#Cc1ccc(C(S(=O)(=O)Cc2ccccc2)S(=O)(=O)Cc2ccccc2)cc1. The molecule has 29 heavy (non-hydrogen) atoms. The van der Waals surface area contributed by atoms with E-state index in [4.69, 9.17) is 5.26 Å². The van der Waals surface area contributed by atoms with Crippen molar-refractivity contribution in [3.05, 3.63) is 107 Å². The molecular formula is C22H19NO4S2. The quantitative estimate of drug-likeness (QED) is 0.574. The molecule has 3 rings (SSSR count). The summed E-state index contributed by atoms with van der Waals surface area (Å²) in [5.41, 5.74) is 1.49. The van der Waals surface area contributed by atoms with E-state index >= 15 is 0 Å². The molecule has 0 aromatic heterocycles. The highest BCUT2D eigenvalue weighted by Gasteiger charge is 2.39. The van der Waals surface area contributed by atoms with E-state index in [1.165, 1.54) is 24.3 Å². The van der Waals surface area contributed by atoms with Gasteiger partial charge in [-0.25, -0.2) is 16.8 Å². The van der Waals surface area contributed by atoms with E-state index in [0.717, 1.165) is 0 Å². The Labute approximate surface area is 171 Å². The molecule has 0 spiro atoms. The molecule has 0 saturated carbocycles. The summed E-state index contributed by atoms with van der Waals surface area (Å²) in [6.45, 7) is 0. The summed E-state index contributed by atoms with van der Waals surface area (Å²) < 4.78 is 51.3. The summed E-state index contributed by atoms with van der Waals surface area (Å²) in [6.07, 6.45) is 0. The van der Waals surface area contributed by atoms with Crippen LogP contribution in [0.15, 0.2) is 84.9 Å². The van der Waals surface area contributed by atoms with Gasteiger partial charge in [0.2, 0.25) is 0 Å². The lowest BCUT2D eigenvalue weighted by molar-refractivity contribution is 0.575. The Bertz CT molecular complexity index is 1140. The van der Waals surface area contributed by atoms with Crippen molar-refractivity contribution in [2.75, 3.05) is 0 Å². The van der Waals surface area contributed by atoms with Crippen LogP contribution in [0.4, 0.5) is 0 Å². The summed E-state index contributed by atoms with van der Waals surface area (Å²) in [5.74, 6) is -0.793. The fraction of sp³-hybridized carbons (Fsp3) is 0.136. The summed E-state index contributed by atoms with van der Waals surface area (Å²) >= 11 is 0. The maximum atomic E-state index is 13.2. The first kappa shape index (κ1) is 20.8. The number of sulfone groups is 2. The van der Waals surface area contributed by atoms with Crippen LogP contribution in [0.5, 0.6) is 0 Å². The van der Waals surface area contributed by atoms with Gasteiger partial charge in [-0.1, -0.05) is 72.8 Å². The molecule has 0 aliphatic rings. The average molecular weight is 426 g/mol. The minimum absolute atomic E-state index is 0.135. The molecule has 0 N–H and O–H groups in total. The van der Waals surface area contributed by atoms with E-state index in [-0.39, 0.29) is 5.56 Å². The fourth-order valence-corrected chi connectivity index (χ4v) is 8.07. The van der Waals surface area contributed by atoms with Crippen LogP contribution in [0.2, 0.25) is 0 Å². The molecule has 0 fully saturated rings. The fourth-order valence-electron chi connectivity index (χ4n) is 3.12. The number of hydrogen-bond acceptors (Lipinski definition) is 5. The number of nitrogens with zero attached hydrogens (tertiary/aromatic N) is 1. The van der Waals surface area contributed by atoms with Crippen molar-refractivity contribution in [1.29, 1.82) is 5.26 Å². The van der Waals surface area contributed by atoms with E-state index in [2.05, 4.69) is 0 Å². The molecule has 148 valence electrons. The molecule has 0 aliphatic carbocycles. The predicted octanol–water partition coefficient (Wildman–Crippen LogP) is 3.79. The molecule has 0 saturated heterocycles. The summed E-state index contributed by atoms with van der Waals surface area (Å²) in [7, 11) is -8.19. The zero-order chi connectivity index (χ0) is 20.9. The lowest BCUT2D eigenvalue weighted by atomic mass is 10.2. The van der Waals surface area contributed by atoms with Gasteiger partial charge in [-0.2, -0.15) is 5.26 Å². The third-order valence-electron chi connectivity index (χ3n) is 4.39. The Balaban J connectivity index is 2.06. The van der Waals surface area contributed by atoms with Gasteiger partial charge in [-0.15, -0.1) is 0 Å². The summed E-state index contributed by atoms with van der Waals surface area (Å²) in [5, 5.41) is 8.99. The van der Waals surface area contributed by atoms with E-state index in [1.807, 2.05) is 6.07 Å². The predicted molar refractivity (Wildman–Crippen MR) is 112 cm³/mol. The zero-order valence-electron chi connectivity index (χ0n) is 15.5. The second kappa shape index (κ2) is 8.60. The Kier molecular flexibility index (Phi) is 6.16. The molecule has 3 aromatic carbocycles. The van der Waals surface area contributed by atoms with Crippen LogP contribution in [0.1, 0.15) is 26.8 Å². The summed E-state index contributed by atoms with van der Waals surface area (Å²) in [6, 6.07) is 24.6. The third-order valence-corrected chi connectivity index (χ3v) is 9.47. The van der Waals surface area contributed by atoms with Crippen LogP contribution in [-0.2, 0) is 31.2 Å². The van der Waals surface area contributed by atoms with Gasteiger partial charge >= 0.3 is 0 Å². The van der Waals surface area contributed by atoms with Gasteiger partial charge in [-0.05, 0) is 28.8 Å². The van der Waals surface area contributed by atoms with Crippen molar-refractivity contribution in [3.8, 4) is 6.07 Å². The first-order valence-electron chi connectivity index (χ1n) is 8.83. The highest BCUT2D eigenvalue weighted by atomic mass is 32.3. The van der Waals surface area contributed by atoms with Crippen molar-refractivity contribution < 1.29 is 16.8 Å². The molecule has 5 nitrogen and oxygen atoms in total. The van der Waals surface area contributed by atoms with Gasteiger partial charge in [-0.3, -0.25) is 0 Å². The molecule has 0 atom stereocenters. The van der Waals surface area contributed by atoms with Gasteiger partial charge in [0.05, 0.1) is 23.1 Å². The zero-order valence-corrected chi connectivity index (χ0v) is 17.1. The van der Waals surface area contributed by atoms with Crippen molar-refractivity contribution in [1.82, 2.24) is 0 Å². The molecule has 0 unspecified atom stereocenters. The molecule has 0 heterocycles. The van der Waals surface area contributed by atoms with Gasteiger partial charge in [0.1, 0.15) is 0 Å². The lowest BCUT2D eigenvalue weighted by Crippen LogP contribution is -2.25. The molecular weight excluding hydrogens is 406 g/mol. The van der Waals surface area contributed by atoms with Crippen LogP contribution in [0.3, 0.4) is 0 Å². The number of benzene rings is 3. The molecule has 0 bridgehead atoms. The smallest absolute Gasteiger partial charge is 0.188 e. The Morgan fingerprint density at radius 3 is 1.45 bits per heavy atom. The van der Waals surface area contributed by atoms with Crippen molar-refractivity contribution in [2.24, 2.45) is 0 Å². The number of nitriles is 1. The molecule has 3 aromatic rings. The van der Waals surface area contributed by atoms with Crippen LogP contribution in [0, 0.1) is 11.3 Å². The van der Waals surface area contributed by atoms with Crippen LogP contribution < -0.4 is 0 Å². The van der Waals surface area contributed by atoms with Gasteiger partial charge < -0.3 is 0 Å². The van der Waals surface area contributed by atoms with Crippen LogP contribution in [0.25, 0.3) is 0 Å². The minimum Gasteiger partial charge on any atom is -0.227 e. The Morgan fingerprint density at radius 1 is 0.655 bits per heavy atom. The molecule has 0 amide bonds. The first-order valence-corrected chi connectivity index (χ1v) is 12.3. The largest absolute Gasteiger partial charge is 0.227 e. The topological polar surface area (TPSA) is 92.1 Å². The maximum absolute atomic E-state index is 13.2. The van der Waals surface area contributed by atoms with E-state index < -0.39 is 35.8 Å². The third kappa shape index (κ3) is 5.11. The van der Waals surface area contributed by atoms with E-state index in [1.54, 1.807) is 60.7 Å². The van der Waals surface area contributed by atoms with E-state index in [9.17, 15) is 16.8 Å². The lowest BCUT2D eigenvalue weighted by Gasteiger charge is -2.19. The van der Waals surface area contributed by atoms with Crippen LogP contribution >= 0.6 is 0 Å². The Hall–Kier alpha value is -2.95.